The Labute approximate surface area is 133 Å². The van der Waals surface area contributed by atoms with Gasteiger partial charge in [-0.2, -0.15) is 0 Å². The van der Waals surface area contributed by atoms with Crippen molar-refractivity contribution in [2.45, 2.75) is 32.7 Å². The van der Waals surface area contributed by atoms with Gasteiger partial charge in [-0.1, -0.05) is 18.3 Å². The smallest absolute Gasteiger partial charge is 0.410 e. The molecule has 22 heavy (non-hydrogen) atoms. The van der Waals surface area contributed by atoms with Gasteiger partial charge in [0.1, 0.15) is 0 Å². The molecule has 7 nitrogen and oxygen atoms in total. The van der Waals surface area contributed by atoms with E-state index in [4.69, 9.17) is 4.74 Å². The molecule has 0 bridgehead atoms. The summed E-state index contributed by atoms with van der Waals surface area (Å²) in [5.41, 5.74) is 0.384. The lowest BCUT2D eigenvalue weighted by molar-refractivity contribution is -0.0153. The number of cyclic esters (lactones) is 1. The quantitative estimate of drug-likeness (QED) is 0.826. The monoisotopic (exact) mass is 324 g/mol. The molecule has 8 heteroatoms. The van der Waals surface area contributed by atoms with Crippen LogP contribution in [-0.2, 0) is 4.74 Å². The van der Waals surface area contributed by atoms with Gasteiger partial charge in [-0.25, -0.2) is 4.79 Å². The maximum Gasteiger partial charge on any atom is 0.410 e. The summed E-state index contributed by atoms with van der Waals surface area (Å²) in [5, 5.41) is 5.49. The minimum atomic E-state index is -0.229. The molecule has 2 fully saturated rings. The Morgan fingerprint density at radius 2 is 2.14 bits per heavy atom. The van der Waals surface area contributed by atoms with Crippen LogP contribution in [0.15, 0.2) is 5.38 Å². The van der Waals surface area contributed by atoms with Crippen molar-refractivity contribution in [1.82, 2.24) is 19.4 Å². The second-order valence-electron chi connectivity index (χ2n) is 6.66. The number of carbonyl (C=O) groups excluding carboxylic acids is 2. The molecule has 120 valence electrons. The number of amides is 2. The highest BCUT2D eigenvalue weighted by Gasteiger charge is 2.38. The van der Waals surface area contributed by atoms with Gasteiger partial charge in [0.05, 0.1) is 6.61 Å². The largest absolute Gasteiger partial charge is 0.449 e. The summed E-state index contributed by atoms with van der Waals surface area (Å²) >= 11 is 1.18. The molecule has 0 radical (unpaired) electrons. The molecule has 3 rings (SSSR count). The number of hydrogen-bond donors (Lipinski definition) is 0. The first-order valence-electron chi connectivity index (χ1n) is 7.46. The Balaban J connectivity index is 1.59. The van der Waals surface area contributed by atoms with Crippen molar-refractivity contribution in [2.75, 3.05) is 26.2 Å². The molecular formula is C14H20N4O3S. The molecule has 3 heterocycles. The van der Waals surface area contributed by atoms with Gasteiger partial charge in [0.25, 0.3) is 5.91 Å². The van der Waals surface area contributed by atoms with Crippen molar-refractivity contribution < 1.29 is 14.3 Å². The first-order valence-corrected chi connectivity index (χ1v) is 8.30. The molecule has 0 spiro atoms. The number of piperidine rings is 1. The summed E-state index contributed by atoms with van der Waals surface area (Å²) in [6.45, 7) is 6.63. The van der Waals surface area contributed by atoms with Gasteiger partial charge in [-0.05, 0) is 24.4 Å². The van der Waals surface area contributed by atoms with Crippen molar-refractivity contribution in [3.63, 3.8) is 0 Å². The van der Waals surface area contributed by atoms with Gasteiger partial charge in [-0.15, -0.1) is 5.10 Å². The van der Waals surface area contributed by atoms with E-state index >= 15 is 0 Å². The molecule has 0 saturated carbocycles. The standard InChI is InChI=1S/C14H20N4O3S/c1-14(2)8-18(13(20)21-9-14)10-3-5-17(6-4-10)12(19)11-7-22-16-15-11/h7,10H,3-6,8-9H2,1-2H3. The van der Waals surface area contributed by atoms with Crippen LogP contribution in [0.2, 0.25) is 0 Å². The van der Waals surface area contributed by atoms with E-state index in [1.54, 1.807) is 10.3 Å². The zero-order chi connectivity index (χ0) is 15.7. The molecule has 1 aromatic heterocycles. The van der Waals surface area contributed by atoms with E-state index < -0.39 is 0 Å². The van der Waals surface area contributed by atoms with E-state index in [2.05, 4.69) is 23.4 Å². The molecule has 1 aromatic rings. The van der Waals surface area contributed by atoms with Crippen molar-refractivity contribution >= 4 is 23.5 Å². The fourth-order valence-electron chi connectivity index (χ4n) is 2.99. The number of nitrogens with zero attached hydrogens (tertiary/aromatic N) is 4. The van der Waals surface area contributed by atoms with Gasteiger partial charge < -0.3 is 14.5 Å². The minimum Gasteiger partial charge on any atom is -0.449 e. The Morgan fingerprint density at radius 1 is 1.41 bits per heavy atom. The number of aromatic nitrogens is 2. The molecule has 2 aliphatic rings. The molecule has 0 atom stereocenters. The predicted octanol–water partition coefficient (Wildman–Crippen LogP) is 1.62. The lowest BCUT2D eigenvalue weighted by Crippen LogP contribution is -2.55. The Bertz CT molecular complexity index is 552. The van der Waals surface area contributed by atoms with Crippen LogP contribution in [0.25, 0.3) is 0 Å². The maximum atomic E-state index is 12.2. The van der Waals surface area contributed by atoms with Gasteiger partial charge in [0.2, 0.25) is 0 Å². The summed E-state index contributed by atoms with van der Waals surface area (Å²) in [7, 11) is 0. The van der Waals surface area contributed by atoms with Crippen LogP contribution in [-0.4, -0.2) is 63.7 Å². The molecule has 0 N–H and O–H groups in total. The highest BCUT2D eigenvalue weighted by Crippen LogP contribution is 2.28. The van der Waals surface area contributed by atoms with Crippen LogP contribution in [0, 0.1) is 5.41 Å². The zero-order valence-electron chi connectivity index (χ0n) is 12.8. The molecule has 2 aliphatic heterocycles. The van der Waals surface area contributed by atoms with Crippen LogP contribution in [0.4, 0.5) is 4.79 Å². The lowest BCUT2D eigenvalue weighted by atomic mass is 9.91. The Kier molecular flexibility index (Phi) is 4.03. The van der Waals surface area contributed by atoms with E-state index in [9.17, 15) is 9.59 Å². The third kappa shape index (κ3) is 3.06. The number of ether oxygens (including phenoxy) is 1. The van der Waals surface area contributed by atoms with Gasteiger partial charge in [0.15, 0.2) is 5.69 Å². The highest BCUT2D eigenvalue weighted by molar-refractivity contribution is 7.03. The van der Waals surface area contributed by atoms with Crippen molar-refractivity contribution in [3.8, 4) is 0 Å². The first kappa shape index (κ1) is 15.2. The highest BCUT2D eigenvalue weighted by atomic mass is 32.1. The van der Waals surface area contributed by atoms with Gasteiger partial charge >= 0.3 is 6.09 Å². The molecule has 0 unspecified atom stereocenters. The van der Waals surface area contributed by atoms with Crippen LogP contribution in [0.3, 0.4) is 0 Å². The molecule has 2 saturated heterocycles. The van der Waals surface area contributed by atoms with E-state index in [-0.39, 0.29) is 23.5 Å². The average Bonchev–Trinajstić information content (AvgIpc) is 3.03. The third-order valence-electron chi connectivity index (χ3n) is 4.19. The van der Waals surface area contributed by atoms with Crippen LogP contribution in [0.5, 0.6) is 0 Å². The van der Waals surface area contributed by atoms with E-state index in [1.807, 2.05) is 4.90 Å². The normalized spacial score (nSPS) is 22.5. The summed E-state index contributed by atoms with van der Waals surface area (Å²) in [6, 6.07) is 0.143. The van der Waals surface area contributed by atoms with Crippen molar-refractivity contribution in [1.29, 1.82) is 0 Å². The van der Waals surface area contributed by atoms with Crippen LogP contribution >= 0.6 is 11.5 Å². The second kappa shape index (κ2) is 5.83. The topological polar surface area (TPSA) is 75.6 Å². The first-order chi connectivity index (χ1) is 10.5. The van der Waals surface area contributed by atoms with E-state index in [1.165, 1.54) is 11.5 Å². The zero-order valence-corrected chi connectivity index (χ0v) is 13.6. The van der Waals surface area contributed by atoms with Crippen molar-refractivity contribution in [3.05, 3.63) is 11.1 Å². The average molecular weight is 324 g/mol. The number of hydrogen-bond acceptors (Lipinski definition) is 6. The SMILES string of the molecule is CC1(C)COC(=O)N(C2CCN(C(=O)c3csnn3)CC2)C1. The fraction of sp³-hybridized carbons (Fsp3) is 0.714. The summed E-state index contributed by atoms with van der Waals surface area (Å²) < 4.78 is 9.01. The molecule has 0 aromatic carbocycles. The predicted molar refractivity (Wildman–Crippen MR) is 80.7 cm³/mol. The summed E-state index contributed by atoms with van der Waals surface area (Å²) in [4.78, 5) is 27.8. The second-order valence-corrected chi connectivity index (χ2v) is 7.27. The summed E-state index contributed by atoms with van der Waals surface area (Å²) in [5.74, 6) is -0.0752. The third-order valence-corrected chi connectivity index (χ3v) is 4.70. The maximum absolute atomic E-state index is 12.2. The molecular weight excluding hydrogens is 304 g/mol. The van der Waals surface area contributed by atoms with E-state index in [0.29, 0.717) is 31.9 Å². The Hall–Kier alpha value is -1.70. The molecule has 0 aliphatic carbocycles. The summed E-state index contributed by atoms with van der Waals surface area (Å²) in [6.07, 6.45) is 1.32. The van der Waals surface area contributed by atoms with Crippen LogP contribution < -0.4 is 0 Å². The molecule has 2 amide bonds. The number of carbonyl (C=O) groups is 2. The Morgan fingerprint density at radius 3 is 2.77 bits per heavy atom. The minimum absolute atomic E-state index is 0.0207. The van der Waals surface area contributed by atoms with Gasteiger partial charge in [0, 0.05) is 36.5 Å². The van der Waals surface area contributed by atoms with Crippen molar-refractivity contribution in [2.24, 2.45) is 5.41 Å². The fourth-order valence-corrected chi connectivity index (χ4v) is 3.42. The van der Waals surface area contributed by atoms with Gasteiger partial charge in [-0.3, -0.25) is 4.79 Å². The lowest BCUT2D eigenvalue weighted by Gasteiger charge is -2.44. The van der Waals surface area contributed by atoms with Crippen LogP contribution in [0.1, 0.15) is 37.2 Å². The van der Waals surface area contributed by atoms with E-state index in [0.717, 1.165) is 12.8 Å². The number of rotatable bonds is 2. The number of likely N-dealkylation sites (tertiary alicyclic amines) is 1.